The maximum atomic E-state index is 13.8. The van der Waals surface area contributed by atoms with Gasteiger partial charge in [0.05, 0.1) is 29.6 Å². The van der Waals surface area contributed by atoms with Crippen LogP contribution in [0.5, 0.6) is 5.75 Å². The molecule has 4 unspecified atom stereocenters. The van der Waals surface area contributed by atoms with Crippen LogP contribution in [0.2, 0.25) is 0 Å². The Morgan fingerprint density at radius 3 is 2.82 bits per heavy atom. The largest absolute Gasteiger partial charge is 0.482 e. The highest BCUT2D eigenvalue weighted by molar-refractivity contribution is 7.84. The lowest BCUT2D eigenvalue weighted by atomic mass is 10.0. The fraction of sp³-hybridized carbons (Fsp3) is 0.250. The summed E-state index contributed by atoms with van der Waals surface area (Å²) < 4.78 is 43.6. The van der Waals surface area contributed by atoms with Crippen LogP contribution >= 0.6 is 0 Å². The molecule has 1 aromatic heterocycles. The Balaban J connectivity index is 1.13. The molecular weight excluding hydrogens is 583 g/mol. The summed E-state index contributed by atoms with van der Waals surface area (Å²) in [6.07, 6.45) is 11.4. The van der Waals surface area contributed by atoms with Crippen molar-refractivity contribution in [1.82, 2.24) is 9.71 Å². The zero-order valence-electron chi connectivity index (χ0n) is 24.2. The van der Waals surface area contributed by atoms with Gasteiger partial charge in [0.1, 0.15) is 23.5 Å². The average molecular weight is 617 g/mol. The summed E-state index contributed by atoms with van der Waals surface area (Å²) in [5.41, 5.74) is 10.7. The summed E-state index contributed by atoms with van der Waals surface area (Å²) in [5, 5.41) is 6.92. The van der Waals surface area contributed by atoms with Crippen molar-refractivity contribution in [2.45, 2.75) is 32.4 Å². The Hall–Kier alpha value is -4.52. The quantitative estimate of drug-likeness (QED) is 0.251. The standard InChI is InChI=1S/C32H33FN6O4S/c1-19-11-21-13-29(36-28(21)16-27(19)38-44(41)37-24-9-10-42-18-24)32(40)22-14-31(34)39(35-17-22)30-8-7-26(12-20(30)2)43-25-6-4-3-5-23(33)15-25/h3-8,11-17,22,24-25,36-38H,9-10,18,34H2,1-2H3. The first kappa shape index (κ1) is 29.5. The van der Waals surface area contributed by atoms with Gasteiger partial charge in [-0.05, 0) is 92.1 Å². The minimum atomic E-state index is -1.48. The maximum absolute atomic E-state index is 13.8. The van der Waals surface area contributed by atoms with E-state index in [0.29, 0.717) is 36.2 Å². The van der Waals surface area contributed by atoms with Crippen LogP contribution in [0.15, 0.2) is 89.6 Å². The Kier molecular flexibility index (Phi) is 8.47. The molecule has 1 fully saturated rings. The van der Waals surface area contributed by atoms with Crippen molar-refractivity contribution >= 4 is 45.4 Å². The molecule has 228 valence electrons. The number of allylic oxidation sites excluding steroid dienone is 5. The van der Waals surface area contributed by atoms with E-state index in [2.05, 4.69) is 19.5 Å². The van der Waals surface area contributed by atoms with E-state index in [4.69, 9.17) is 15.2 Å². The van der Waals surface area contributed by atoms with Gasteiger partial charge in [-0.25, -0.2) is 18.3 Å². The zero-order chi connectivity index (χ0) is 30.8. The first-order chi connectivity index (χ1) is 21.2. The van der Waals surface area contributed by atoms with Gasteiger partial charge in [0.2, 0.25) is 0 Å². The van der Waals surface area contributed by atoms with Crippen molar-refractivity contribution in [2.24, 2.45) is 16.8 Å². The van der Waals surface area contributed by atoms with Gasteiger partial charge < -0.3 is 20.2 Å². The summed E-state index contributed by atoms with van der Waals surface area (Å²) in [4.78, 5) is 16.7. The monoisotopic (exact) mass is 616 g/mol. The Morgan fingerprint density at radius 1 is 1.18 bits per heavy atom. The molecule has 6 rings (SSSR count). The molecule has 10 nitrogen and oxygen atoms in total. The molecule has 3 heterocycles. The molecule has 5 N–H and O–H groups in total. The minimum absolute atomic E-state index is 0.0456. The van der Waals surface area contributed by atoms with Crippen LogP contribution in [0.25, 0.3) is 10.9 Å². The molecule has 0 radical (unpaired) electrons. The Bertz CT molecular complexity index is 1770. The van der Waals surface area contributed by atoms with Crippen LogP contribution < -0.4 is 24.9 Å². The zero-order valence-corrected chi connectivity index (χ0v) is 25.1. The van der Waals surface area contributed by atoms with Crippen molar-refractivity contribution in [3.63, 3.8) is 0 Å². The van der Waals surface area contributed by atoms with Gasteiger partial charge in [-0.1, -0.05) is 12.2 Å². The molecule has 12 heteroatoms. The Morgan fingerprint density at radius 2 is 2.05 bits per heavy atom. The number of Topliss-reactive ketones (excluding diaryl/α,β-unsaturated/α-hetero) is 1. The molecule has 44 heavy (non-hydrogen) atoms. The predicted molar refractivity (Wildman–Crippen MR) is 171 cm³/mol. The van der Waals surface area contributed by atoms with Gasteiger partial charge >= 0.3 is 0 Å². The second-order valence-electron chi connectivity index (χ2n) is 10.9. The van der Waals surface area contributed by atoms with E-state index in [1.165, 1.54) is 12.2 Å². The normalized spacial score (nSPS) is 22.1. The number of benzene rings is 2. The number of nitrogens with zero attached hydrogens (tertiary/aromatic N) is 2. The summed E-state index contributed by atoms with van der Waals surface area (Å²) in [6.45, 7) is 5.01. The number of anilines is 2. The number of carbonyl (C=O) groups excluding carboxylic acids is 1. The first-order valence-corrected chi connectivity index (χ1v) is 15.4. The van der Waals surface area contributed by atoms with E-state index in [1.807, 2.05) is 38.1 Å². The molecule has 2 aromatic carbocycles. The van der Waals surface area contributed by atoms with E-state index in [1.54, 1.807) is 47.7 Å². The number of nitrogens with two attached hydrogens (primary N) is 1. The summed E-state index contributed by atoms with van der Waals surface area (Å²) in [7, 11) is 0. The van der Waals surface area contributed by atoms with E-state index in [-0.39, 0.29) is 17.7 Å². The number of fused-ring (bicyclic) bond motifs is 1. The van der Waals surface area contributed by atoms with Crippen LogP contribution in [0.1, 0.15) is 28.0 Å². The average Bonchev–Trinajstić information content (AvgIpc) is 3.60. The topological polar surface area (TPSA) is 134 Å². The number of rotatable bonds is 9. The number of halogens is 1. The summed E-state index contributed by atoms with van der Waals surface area (Å²) >= 11 is -1.48. The van der Waals surface area contributed by atoms with Crippen LogP contribution in [0.4, 0.5) is 15.8 Å². The molecule has 2 aliphatic heterocycles. The molecule has 0 bridgehead atoms. The van der Waals surface area contributed by atoms with Crippen molar-refractivity contribution in [2.75, 3.05) is 22.9 Å². The van der Waals surface area contributed by atoms with Crippen molar-refractivity contribution < 1.29 is 22.9 Å². The molecule has 1 saturated heterocycles. The highest BCUT2D eigenvalue weighted by Gasteiger charge is 2.25. The number of ketones is 1. The highest BCUT2D eigenvalue weighted by Crippen LogP contribution is 2.31. The minimum Gasteiger partial charge on any atom is -0.482 e. The van der Waals surface area contributed by atoms with E-state index in [9.17, 15) is 13.4 Å². The number of ether oxygens (including phenoxy) is 2. The summed E-state index contributed by atoms with van der Waals surface area (Å²) in [6, 6.07) is 11.0. The van der Waals surface area contributed by atoms with Gasteiger partial charge in [-0.2, -0.15) is 5.10 Å². The SMILES string of the molecule is Cc1cc2cc(C(=O)C3C=NN(c4ccc(OC5C=CC=CC(F)=C5)cc4C)C(N)=C3)[nH]c2cc1NS(=O)NC1CCOC1. The molecular formula is C32H33FN6O4S. The highest BCUT2D eigenvalue weighted by atomic mass is 32.2. The molecule has 0 saturated carbocycles. The second-order valence-corrected chi connectivity index (χ2v) is 11.8. The van der Waals surface area contributed by atoms with E-state index < -0.39 is 23.2 Å². The van der Waals surface area contributed by atoms with Crippen LogP contribution in [-0.4, -0.2) is 46.6 Å². The van der Waals surface area contributed by atoms with Crippen molar-refractivity contribution in [1.29, 1.82) is 0 Å². The molecule has 1 aliphatic carbocycles. The van der Waals surface area contributed by atoms with Crippen LogP contribution in [-0.2, 0) is 15.9 Å². The lowest BCUT2D eigenvalue weighted by Gasteiger charge is -2.26. The number of hydrazone groups is 1. The lowest BCUT2D eigenvalue weighted by Crippen LogP contribution is -2.34. The van der Waals surface area contributed by atoms with Gasteiger partial charge in [-0.3, -0.25) is 9.52 Å². The number of H-pyrrole nitrogens is 1. The number of carbonyl (C=O) groups is 1. The lowest BCUT2D eigenvalue weighted by molar-refractivity contribution is 0.0969. The molecule has 3 aliphatic rings. The van der Waals surface area contributed by atoms with Gasteiger partial charge in [0.15, 0.2) is 17.0 Å². The molecule has 0 spiro atoms. The smallest absolute Gasteiger partial charge is 0.193 e. The number of hydrogen-bond acceptors (Lipinski definition) is 7. The van der Waals surface area contributed by atoms with Gasteiger partial charge in [0.25, 0.3) is 0 Å². The Labute approximate surface area is 256 Å². The van der Waals surface area contributed by atoms with E-state index >= 15 is 0 Å². The molecule has 3 aromatic rings. The maximum Gasteiger partial charge on any atom is 0.193 e. The van der Waals surface area contributed by atoms with Crippen molar-refractivity contribution in [3.8, 4) is 5.75 Å². The fourth-order valence-corrected chi connectivity index (χ4v) is 6.20. The van der Waals surface area contributed by atoms with Gasteiger partial charge in [-0.15, -0.1) is 0 Å². The van der Waals surface area contributed by atoms with Crippen LogP contribution in [0.3, 0.4) is 0 Å². The number of aromatic amines is 1. The number of aryl methyl sites for hydroxylation is 2. The molecule has 0 amide bonds. The second kappa shape index (κ2) is 12.6. The van der Waals surface area contributed by atoms with Gasteiger partial charge in [0, 0.05) is 29.8 Å². The van der Waals surface area contributed by atoms with E-state index in [0.717, 1.165) is 34.1 Å². The third kappa shape index (κ3) is 6.52. The number of aromatic nitrogens is 1. The third-order valence-electron chi connectivity index (χ3n) is 7.54. The predicted octanol–water partition coefficient (Wildman–Crippen LogP) is 4.99. The van der Waals surface area contributed by atoms with Crippen LogP contribution in [0, 0.1) is 19.8 Å². The third-order valence-corrected chi connectivity index (χ3v) is 8.49. The fourth-order valence-electron chi connectivity index (χ4n) is 5.23. The number of nitrogens with one attached hydrogen (secondary N) is 3. The summed E-state index contributed by atoms with van der Waals surface area (Å²) in [5.74, 6) is -0.326. The first-order valence-electron chi connectivity index (χ1n) is 14.2. The van der Waals surface area contributed by atoms with Crippen molar-refractivity contribution in [3.05, 3.63) is 101 Å². The number of hydrogen-bond donors (Lipinski definition) is 4. The molecule has 4 atom stereocenters.